The Labute approximate surface area is 327 Å². The van der Waals surface area contributed by atoms with E-state index >= 15 is 0 Å². The number of hydrogen-bond acceptors (Lipinski definition) is 5. The van der Waals surface area contributed by atoms with Gasteiger partial charge in [-0.15, -0.1) is 11.1 Å². The van der Waals surface area contributed by atoms with Gasteiger partial charge in [-0.25, -0.2) is 9.59 Å². The number of carbonyl (C=O) groups excluding carboxylic acids is 1. The lowest BCUT2D eigenvalue weighted by molar-refractivity contribution is 0.0694. The fourth-order valence-electron chi connectivity index (χ4n) is 4.06. The highest BCUT2D eigenvalue weighted by molar-refractivity contribution is 6.84. The van der Waals surface area contributed by atoms with Crippen molar-refractivity contribution in [2.24, 2.45) is 0 Å². The second-order valence-electron chi connectivity index (χ2n) is 16.5. The smallest absolute Gasteiger partial charge is 0.343 e. The van der Waals surface area contributed by atoms with Crippen LogP contribution in [0, 0.1) is 22.9 Å². The maximum Gasteiger partial charge on any atom is 0.343 e. The number of aromatic carboxylic acids is 1. The number of rotatable bonds is 7. The van der Waals surface area contributed by atoms with E-state index in [1.165, 1.54) is 5.56 Å². The summed E-state index contributed by atoms with van der Waals surface area (Å²) < 4.78 is 12.1. The van der Waals surface area contributed by atoms with Crippen LogP contribution in [0.15, 0.2) is 97.1 Å². The fraction of sp³-hybridized carbons (Fsp3) is 0.333. The predicted molar refractivity (Wildman–Crippen MR) is 231 cm³/mol. The minimum absolute atomic E-state index is 0.151. The summed E-state index contributed by atoms with van der Waals surface area (Å²) in [5.74, 6) is 5.88. The minimum Gasteiger partial charge on any atom is -0.507 e. The van der Waals surface area contributed by atoms with Gasteiger partial charge in [0.05, 0.1) is 28.9 Å². The minimum atomic E-state index is -1.85. The van der Waals surface area contributed by atoms with Crippen LogP contribution in [-0.4, -0.2) is 46.6 Å². The molecule has 0 aliphatic rings. The number of phenols is 1. The van der Waals surface area contributed by atoms with Crippen LogP contribution in [-0.2, 0) is 17.5 Å². The number of hydrogen-bond donors (Lipinski definition) is 2. The van der Waals surface area contributed by atoms with Gasteiger partial charge < -0.3 is 19.4 Å². The standard InChI is InChI=1S/C25H34O3Si2.C13H18OSi.C7H6O2/c1-25(2,3)30(7,8)27-19-20-14-15-23(22(18-20)16-17-29(4,5)6)28-24(26)21-12-10-9-11-13-21;1-5-11-6-7-13(14)12(10-11)8-9-15(2,3)4;8-7(9)6-4-2-1-3-5-6/h9-15,18H,19H2,1-8H3;6-7,10,14H,5H2,1-4H3;1-5H,(H,8,9). The third-order valence-electron chi connectivity index (χ3n) is 8.30. The van der Waals surface area contributed by atoms with E-state index in [4.69, 9.17) is 14.3 Å². The molecule has 0 heterocycles. The number of esters is 1. The van der Waals surface area contributed by atoms with Crippen LogP contribution in [0.4, 0.5) is 0 Å². The van der Waals surface area contributed by atoms with Crippen LogP contribution in [0.1, 0.15) is 70.7 Å². The Morgan fingerprint density at radius 3 is 1.61 bits per heavy atom. The number of ether oxygens (including phenoxy) is 1. The number of benzene rings is 4. The van der Waals surface area contributed by atoms with Crippen molar-refractivity contribution in [2.45, 2.75) is 98.1 Å². The molecule has 0 aliphatic carbocycles. The average Bonchev–Trinajstić information content (AvgIpc) is 3.10. The largest absolute Gasteiger partial charge is 0.507 e. The Morgan fingerprint density at radius 2 is 1.15 bits per heavy atom. The molecule has 4 aromatic carbocycles. The summed E-state index contributed by atoms with van der Waals surface area (Å²) in [7, 11) is -4.80. The Bertz CT molecular complexity index is 1960. The van der Waals surface area contributed by atoms with E-state index in [1.54, 1.807) is 48.5 Å². The number of aromatic hydroxyl groups is 1. The Kier molecular flexibility index (Phi) is 17.0. The summed E-state index contributed by atoms with van der Waals surface area (Å²) in [6.07, 6.45) is 0.974. The highest BCUT2D eigenvalue weighted by Gasteiger charge is 2.37. The second kappa shape index (κ2) is 20.1. The molecule has 0 saturated heterocycles. The summed E-state index contributed by atoms with van der Waals surface area (Å²) in [6, 6.07) is 28.7. The third kappa shape index (κ3) is 16.6. The van der Waals surface area contributed by atoms with Crippen molar-refractivity contribution in [1.82, 2.24) is 0 Å². The van der Waals surface area contributed by atoms with Crippen molar-refractivity contribution in [3.63, 3.8) is 0 Å². The highest BCUT2D eigenvalue weighted by Crippen LogP contribution is 2.37. The van der Waals surface area contributed by atoms with Gasteiger partial charge in [0.25, 0.3) is 0 Å². The fourth-order valence-corrected chi connectivity index (χ4v) is 6.04. The van der Waals surface area contributed by atoms with Gasteiger partial charge in [0.15, 0.2) is 8.32 Å². The molecule has 0 amide bonds. The Hall–Kier alpha value is -4.65. The molecule has 0 aromatic heterocycles. The van der Waals surface area contributed by atoms with Crippen LogP contribution in [0.2, 0.25) is 57.4 Å². The molecule has 4 aromatic rings. The summed E-state index contributed by atoms with van der Waals surface area (Å²) in [5, 5.41) is 18.2. The molecule has 0 unspecified atom stereocenters. The molecule has 2 N–H and O–H groups in total. The second-order valence-corrected chi connectivity index (χ2v) is 30.8. The van der Waals surface area contributed by atoms with Crippen molar-refractivity contribution in [2.75, 3.05) is 0 Å². The molecule has 9 heteroatoms. The van der Waals surface area contributed by atoms with Gasteiger partial charge >= 0.3 is 11.9 Å². The predicted octanol–water partition coefficient (Wildman–Crippen LogP) is 11.2. The van der Waals surface area contributed by atoms with Crippen LogP contribution in [0.3, 0.4) is 0 Å². The first-order valence-electron chi connectivity index (χ1n) is 18.2. The summed E-state index contributed by atoms with van der Waals surface area (Å²) in [6.45, 7) is 27.0. The first-order valence-corrected chi connectivity index (χ1v) is 28.1. The quantitative estimate of drug-likeness (QED) is 0.0840. The molecule has 0 bridgehead atoms. The van der Waals surface area contributed by atoms with E-state index < -0.39 is 30.4 Å². The third-order valence-corrected chi connectivity index (χ3v) is 14.5. The van der Waals surface area contributed by atoms with E-state index in [0.717, 1.165) is 23.1 Å². The van der Waals surface area contributed by atoms with Crippen molar-refractivity contribution < 1.29 is 29.0 Å². The molecule has 0 aliphatic heterocycles. The summed E-state index contributed by atoms with van der Waals surface area (Å²) in [4.78, 5) is 22.7. The van der Waals surface area contributed by atoms with Crippen LogP contribution in [0.25, 0.3) is 0 Å². The molecule has 6 nitrogen and oxygen atoms in total. The van der Waals surface area contributed by atoms with Gasteiger partial charge in [-0.2, -0.15) is 0 Å². The first kappa shape index (κ1) is 45.5. The Balaban J connectivity index is 0.000000344. The van der Waals surface area contributed by atoms with Gasteiger partial charge in [-0.1, -0.05) is 127 Å². The molecule has 0 saturated carbocycles. The average molecular weight is 779 g/mol. The normalized spacial score (nSPS) is 11.2. The lowest BCUT2D eigenvalue weighted by Crippen LogP contribution is -2.40. The van der Waals surface area contributed by atoms with E-state index in [2.05, 4.69) is 103 Å². The van der Waals surface area contributed by atoms with Crippen LogP contribution < -0.4 is 4.74 Å². The van der Waals surface area contributed by atoms with E-state index in [-0.39, 0.29) is 16.8 Å². The van der Waals surface area contributed by atoms with Crippen molar-refractivity contribution in [3.05, 3.63) is 130 Å². The van der Waals surface area contributed by atoms with Crippen LogP contribution >= 0.6 is 0 Å². The first-order chi connectivity index (χ1) is 25.0. The molecule has 0 atom stereocenters. The number of aryl methyl sites for hydroxylation is 1. The zero-order valence-corrected chi connectivity index (χ0v) is 37.2. The maximum atomic E-state index is 12.5. The van der Waals surface area contributed by atoms with E-state index in [0.29, 0.717) is 23.5 Å². The summed E-state index contributed by atoms with van der Waals surface area (Å²) >= 11 is 0. The maximum absolute atomic E-state index is 12.5. The molecular weight excluding hydrogens is 721 g/mol. The molecule has 0 fully saturated rings. The SMILES string of the molecule is CC(C)(C)[Si](C)(C)OCc1ccc(OC(=O)c2ccccc2)c(C#C[Si](C)(C)C)c1.CCc1ccc(O)c(C#C[Si](C)(C)C)c1.O=C(O)c1ccccc1. The zero-order chi connectivity index (χ0) is 40.7. The van der Waals surface area contributed by atoms with Gasteiger partial charge in [0.2, 0.25) is 0 Å². The van der Waals surface area contributed by atoms with Crippen LogP contribution in [0.5, 0.6) is 11.5 Å². The molecular formula is C45H58O6Si3. The highest BCUT2D eigenvalue weighted by atomic mass is 28.4. The molecule has 286 valence electrons. The topological polar surface area (TPSA) is 93.1 Å². The van der Waals surface area contributed by atoms with Gasteiger partial charge in [-0.05, 0) is 84.2 Å². The zero-order valence-electron chi connectivity index (χ0n) is 34.2. The molecule has 0 spiro atoms. The molecule has 0 radical (unpaired) electrons. The lowest BCUT2D eigenvalue weighted by atomic mass is 10.1. The Morgan fingerprint density at radius 1 is 0.667 bits per heavy atom. The van der Waals surface area contributed by atoms with Crippen molar-refractivity contribution >= 4 is 36.4 Å². The molecule has 4 rings (SSSR count). The van der Waals surface area contributed by atoms with Gasteiger partial charge in [0.1, 0.15) is 27.6 Å². The van der Waals surface area contributed by atoms with Crippen molar-refractivity contribution in [3.8, 4) is 34.4 Å². The molecule has 54 heavy (non-hydrogen) atoms. The number of carbonyl (C=O) groups is 2. The van der Waals surface area contributed by atoms with Gasteiger partial charge in [-0.3, -0.25) is 0 Å². The number of phenolic OH excluding ortho intramolecular Hbond substituents is 1. The lowest BCUT2D eigenvalue weighted by Gasteiger charge is -2.36. The van der Waals surface area contributed by atoms with Gasteiger partial charge in [0, 0.05) is 0 Å². The summed E-state index contributed by atoms with van der Waals surface area (Å²) in [5.41, 5.74) is 11.2. The number of carboxylic acids is 1. The van der Waals surface area contributed by atoms with Crippen molar-refractivity contribution in [1.29, 1.82) is 0 Å². The number of carboxylic acid groups (broad SMARTS) is 1. The monoisotopic (exact) mass is 778 g/mol. The van der Waals surface area contributed by atoms with E-state index in [9.17, 15) is 14.7 Å². The van der Waals surface area contributed by atoms with E-state index in [1.807, 2.05) is 48.5 Å².